The summed E-state index contributed by atoms with van der Waals surface area (Å²) in [7, 11) is 0. The van der Waals surface area contributed by atoms with E-state index in [0.29, 0.717) is 11.3 Å². The Morgan fingerprint density at radius 1 is 0.844 bits per heavy atom. The van der Waals surface area contributed by atoms with Gasteiger partial charge in [0.1, 0.15) is 5.75 Å². The summed E-state index contributed by atoms with van der Waals surface area (Å²) in [5, 5.41) is 8.94. The van der Waals surface area contributed by atoms with Crippen molar-refractivity contribution in [3.8, 4) is 22.9 Å². The average Bonchev–Trinajstić information content (AvgIpc) is 2.85. The highest BCUT2D eigenvalue weighted by Crippen LogP contribution is 2.42. The van der Waals surface area contributed by atoms with Crippen molar-refractivity contribution < 1.29 is 9.53 Å². The molecule has 0 spiro atoms. The van der Waals surface area contributed by atoms with E-state index in [2.05, 4.69) is 13.0 Å². The molecule has 0 aromatic heterocycles. The third-order valence-corrected chi connectivity index (χ3v) is 7.78. The maximum absolute atomic E-state index is 12.7. The third kappa shape index (κ3) is 5.60. The Bertz CT molecular complexity index is 909. The molecule has 0 bridgehead atoms. The number of carbonyl (C=O) groups excluding carboxylic acids is 1. The molecular weight excluding hydrogens is 394 g/mol. The van der Waals surface area contributed by atoms with Crippen molar-refractivity contribution in [2.75, 3.05) is 0 Å². The molecule has 0 unspecified atom stereocenters. The van der Waals surface area contributed by atoms with E-state index < -0.39 is 0 Å². The first-order chi connectivity index (χ1) is 15.7. The molecule has 4 rings (SSSR count). The minimum atomic E-state index is -0.0683. The zero-order valence-electron chi connectivity index (χ0n) is 19.3. The van der Waals surface area contributed by atoms with Crippen molar-refractivity contribution in [3.05, 3.63) is 54.1 Å². The van der Waals surface area contributed by atoms with Gasteiger partial charge in [-0.05, 0) is 91.7 Å². The van der Waals surface area contributed by atoms with Gasteiger partial charge in [-0.2, -0.15) is 5.26 Å². The van der Waals surface area contributed by atoms with Crippen molar-refractivity contribution in [3.63, 3.8) is 0 Å². The number of carbonyl (C=O) groups is 1. The standard InChI is InChI=1S/C29H35NO2/c1-2-3-21-4-8-23(9-5-21)25-12-14-27(15-13-25)29(31)32-28-18-16-26(17-19-28)24-10-6-22(20-30)7-11-24/h6-7,10-11,16-19,21,23,25,27H,2-5,8-9,12-15H2,1H3/t21-,23-,25?,27?. The van der Waals surface area contributed by atoms with Crippen LogP contribution in [-0.2, 0) is 4.79 Å². The number of benzene rings is 2. The molecule has 0 aliphatic heterocycles. The van der Waals surface area contributed by atoms with Crippen molar-refractivity contribution in [1.82, 2.24) is 0 Å². The maximum Gasteiger partial charge on any atom is 0.314 e. The molecule has 168 valence electrons. The summed E-state index contributed by atoms with van der Waals surface area (Å²) in [4.78, 5) is 12.7. The maximum atomic E-state index is 12.7. The Balaban J connectivity index is 1.25. The monoisotopic (exact) mass is 429 g/mol. The summed E-state index contributed by atoms with van der Waals surface area (Å²) in [6, 6.07) is 17.3. The highest BCUT2D eigenvalue weighted by Gasteiger charge is 2.33. The molecular formula is C29H35NO2. The Labute approximate surface area is 192 Å². The SMILES string of the molecule is CCC[C@H]1CC[C@H](C2CCC(C(=O)Oc3ccc(-c4ccc(C#N)cc4)cc3)CC2)CC1. The van der Waals surface area contributed by atoms with Crippen LogP contribution in [0.2, 0.25) is 0 Å². The molecule has 0 heterocycles. The molecule has 0 radical (unpaired) electrons. The van der Waals surface area contributed by atoms with Gasteiger partial charge in [0.2, 0.25) is 0 Å². The lowest BCUT2D eigenvalue weighted by atomic mass is 9.69. The summed E-state index contributed by atoms with van der Waals surface area (Å²) >= 11 is 0. The molecule has 2 fully saturated rings. The molecule has 0 atom stereocenters. The van der Waals surface area contributed by atoms with E-state index in [1.165, 1.54) is 51.4 Å². The molecule has 32 heavy (non-hydrogen) atoms. The minimum absolute atomic E-state index is 0.0425. The minimum Gasteiger partial charge on any atom is -0.426 e. The van der Waals surface area contributed by atoms with Gasteiger partial charge in [0.25, 0.3) is 0 Å². The van der Waals surface area contributed by atoms with E-state index in [1.54, 1.807) is 0 Å². The summed E-state index contributed by atoms with van der Waals surface area (Å²) in [5.74, 6) is 3.25. The molecule has 2 aromatic rings. The Morgan fingerprint density at radius 2 is 1.38 bits per heavy atom. The predicted molar refractivity (Wildman–Crippen MR) is 128 cm³/mol. The molecule has 2 aliphatic rings. The van der Waals surface area contributed by atoms with Crippen LogP contribution in [0.5, 0.6) is 5.75 Å². The second-order valence-corrected chi connectivity index (χ2v) is 9.82. The number of rotatable bonds is 6. The van der Waals surface area contributed by atoms with E-state index in [-0.39, 0.29) is 11.9 Å². The largest absolute Gasteiger partial charge is 0.426 e. The van der Waals surface area contributed by atoms with Gasteiger partial charge >= 0.3 is 5.97 Å². The normalized spacial score (nSPS) is 25.6. The lowest BCUT2D eigenvalue weighted by Crippen LogP contribution is -2.30. The molecule has 0 saturated heterocycles. The molecule has 2 aromatic carbocycles. The van der Waals surface area contributed by atoms with E-state index in [4.69, 9.17) is 10.00 Å². The number of nitriles is 1. The first kappa shape index (κ1) is 22.6. The van der Waals surface area contributed by atoms with Crippen LogP contribution in [0.25, 0.3) is 11.1 Å². The van der Waals surface area contributed by atoms with Crippen molar-refractivity contribution in [1.29, 1.82) is 5.26 Å². The van der Waals surface area contributed by atoms with Crippen LogP contribution in [0, 0.1) is 35.0 Å². The smallest absolute Gasteiger partial charge is 0.314 e. The third-order valence-electron chi connectivity index (χ3n) is 7.78. The number of esters is 1. The second-order valence-electron chi connectivity index (χ2n) is 9.82. The van der Waals surface area contributed by atoms with E-state index in [9.17, 15) is 4.79 Å². The van der Waals surface area contributed by atoms with Crippen LogP contribution in [-0.4, -0.2) is 5.97 Å². The predicted octanol–water partition coefficient (Wildman–Crippen LogP) is 7.54. The summed E-state index contributed by atoms with van der Waals surface area (Å²) in [5.41, 5.74) is 2.74. The van der Waals surface area contributed by atoms with E-state index in [1.807, 2.05) is 48.5 Å². The van der Waals surface area contributed by atoms with Gasteiger partial charge in [0.05, 0.1) is 17.6 Å². The fraction of sp³-hybridized carbons (Fsp3) is 0.517. The van der Waals surface area contributed by atoms with Gasteiger partial charge in [-0.1, -0.05) is 56.9 Å². The van der Waals surface area contributed by atoms with Crippen LogP contribution in [0.4, 0.5) is 0 Å². The van der Waals surface area contributed by atoms with Crippen LogP contribution < -0.4 is 4.74 Å². The van der Waals surface area contributed by atoms with Gasteiger partial charge < -0.3 is 4.74 Å². The first-order valence-electron chi connectivity index (χ1n) is 12.5. The Morgan fingerprint density at radius 3 is 1.91 bits per heavy atom. The van der Waals surface area contributed by atoms with Gasteiger partial charge in [-0.3, -0.25) is 4.79 Å². The van der Waals surface area contributed by atoms with Gasteiger partial charge in [-0.15, -0.1) is 0 Å². The molecule has 3 nitrogen and oxygen atoms in total. The Kier molecular flexibility index (Phi) is 7.63. The topological polar surface area (TPSA) is 50.1 Å². The zero-order chi connectivity index (χ0) is 22.3. The molecule has 2 saturated carbocycles. The number of ether oxygens (including phenoxy) is 1. The molecule has 3 heteroatoms. The summed E-state index contributed by atoms with van der Waals surface area (Å²) in [6.07, 6.45) is 12.7. The first-order valence-corrected chi connectivity index (χ1v) is 12.5. The molecule has 0 amide bonds. The fourth-order valence-electron chi connectivity index (χ4n) is 5.83. The van der Waals surface area contributed by atoms with E-state index in [0.717, 1.165) is 41.7 Å². The highest BCUT2D eigenvalue weighted by molar-refractivity contribution is 5.75. The van der Waals surface area contributed by atoms with Gasteiger partial charge in [0.15, 0.2) is 0 Å². The Hall–Kier alpha value is -2.60. The van der Waals surface area contributed by atoms with Crippen LogP contribution in [0.15, 0.2) is 48.5 Å². The van der Waals surface area contributed by atoms with Gasteiger partial charge in [0, 0.05) is 0 Å². The number of nitrogens with zero attached hydrogens (tertiary/aromatic N) is 1. The summed E-state index contributed by atoms with van der Waals surface area (Å²) < 4.78 is 5.72. The number of hydrogen-bond acceptors (Lipinski definition) is 3. The van der Waals surface area contributed by atoms with Crippen LogP contribution in [0.3, 0.4) is 0 Å². The fourth-order valence-corrected chi connectivity index (χ4v) is 5.83. The highest BCUT2D eigenvalue weighted by atomic mass is 16.5. The lowest BCUT2D eigenvalue weighted by Gasteiger charge is -2.37. The second kappa shape index (κ2) is 10.8. The van der Waals surface area contributed by atoms with E-state index >= 15 is 0 Å². The lowest BCUT2D eigenvalue weighted by molar-refractivity contribution is -0.140. The van der Waals surface area contributed by atoms with Crippen LogP contribution >= 0.6 is 0 Å². The van der Waals surface area contributed by atoms with Crippen molar-refractivity contribution in [2.45, 2.75) is 71.1 Å². The van der Waals surface area contributed by atoms with Crippen molar-refractivity contribution in [2.24, 2.45) is 23.7 Å². The molecule has 2 aliphatic carbocycles. The van der Waals surface area contributed by atoms with Crippen LogP contribution in [0.1, 0.15) is 76.7 Å². The quantitative estimate of drug-likeness (QED) is 0.352. The van der Waals surface area contributed by atoms with Crippen molar-refractivity contribution >= 4 is 5.97 Å². The molecule has 0 N–H and O–H groups in total. The van der Waals surface area contributed by atoms with Gasteiger partial charge in [-0.25, -0.2) is 0 Å². The zero-order valence-corrected chi connectivity index (χ0v) is 19.3. The average molecular weight is 430 g/mol. The summed E-state index contributed by atoms with van der Waals surface area (Å²) in [6.45, 7) is 2.30. The number of hydrogen-bond donors (Lipinski definition) is 0.